The number of benzene rings is 1. The average Bonchev–Trinajstić information content (AvgIpc) is 2.34. The van der Waals surface area contributed by atoms with Gasteiger partial charge in [-0.3, -0.25) is 4.98 Å². The lowest BCUT2D eigenvalue weighted by atomic mass is 10.2. The van der Waals surface area contributed by atoms with Gasteiger partial charge in [-0.05, 0) is 47.1 Å². The van der Waals surface area contributed by atoms with Gasteiger partial charge in [-0.2, -0.15) is 0 Å². The van der Waals surface area contributed by atoms with Gasteiger partial charge in [-0.1, -0.05) is 0 Å². The number of hydrogen-bond donors (Lipinski definition) is 1. The van der Waals surface area contributed by atoms with Gasteiger partial charge in [-0.15, -0.1) is 0 Å². The van der Waals surface area contributed by atoms with Crippen LogP contribution in [0, 0.1) is 6.92 Å². The normalized spacial score (nSPS) is 10.1. The second kappa shape index (κ2) is 5.18. The van der Waals surface area contributed by atoms with Gasteiger partial charge < -0.3 is 9.84 Å². The molecule has 1 heterocycles. The minimum absolute atomic E-state index is 0.180. The highest BCUT2D eigenvalue weighted by molar-refractivity contribution is 9.10. The molecule has 0 amide bonds. The van der Waals surface area contributed by atoms with E-state index in [1.807, 2.05) is 6.92 Å². The van der Waals surface area contributed by atoms with Crippen molar-refractivity contribution in [2.45, 2.75) is 6.92 Å². The van der Waals surface area contributed by atoms with E-state index in [0.29, 0.717) is 16.0 Å². The summed E-state index contributed by atoms with van der Waals surface area (Å²) in [6, 6.07) is 6.37. The molecule has 0 atom stereocenters. The fourth-order valence-corrected chi connectivity index (χ4v) is 1.74. The van der Waals surface area contributed by atoms with Crippen molar-refractivity contribution in [3.63, 3.8) is 0 Å². The van der Waals surface area contributed by atoms with Crippen molar-refractivity contribution in [2.75, 3.05) is 0 Å². The molecular formula is C13H10BrNO3. The lowest BCUT2D eigenvalue weighted by molar-refractivity contribution is 0.0696. The molecule has 0 radical (unpaired) electrons. The Morgan fingerprint density at radius 1 is 1.33 bits per heavy atom. The summed E-state index contributed by atoms with van der Waals surface area (Å²) in [5.41, 5.74) is 1.06. The zero-order chi connectivity index (χ0) is 13.1. The van der Waals surface area contributed by atoms with Gasteiger partial charge in [0.15, 0.2) is 0 Å². The number of halogens is 1. The fraction of sp³-hybridized carbons (Fsp3) is 0.0769. The van der Waals surface area contributed by atoms with Crippen LogP contribution in [0.15, 0.2) is 41.1 Å². The van der Waals surface area contributed by atoms with Gasteiger partial charge in [-0.25, -0.2) is 4.79 Å². The third-order valence-electron chi connectivity index (χ3n) is 2.37. The molecule has 0 spiro atoms. The number of carboxylic acid groups (broad SMARTS) is 1. The zero-order valence-electron chi connectivity index (χ0n) is 9.55. The van der Waals surface area contributed by atoms with Crippen LogP contribution < -0.4 is 4.74 Å². The number of carbonyl (C=O) groups is 1. The summed E-state index contributed by atoms with van der Waals surface area (Å²) < 4.78 is 6.38. The van der Waals surface area contributed by atoms with Crippen LogP contribution in [0.4, 0.5) is 0 Å². The molecule has 2 aromatic rings. The molecule has 0 unspecified atom stereocenters. The molecule has 0 bridgehead atoms. The van der Waals surface area contributed by atoms with E-state index in [0.717, 1.165) is 5.56 Å². The minimum Gasteiger partial charge on any atom is -0.478 e. The van der Waals surface area contributed by atoms with Crippen molar-refractivity contribution in [1.82, 2.24) is 4.98 Å². The SMILES string of the molecule is Cc1cnccc1Oc1cc(C(=O)O)ccc1Br. The average molecular weight is 308 g/mol. The molecule has 0 saturated heterocycles. The highest BCUT2D eigenvalue weighted by Crippen LogP contribution is 2.31. The molecular weight excluding hydrogens is 298 g/mol. The van der Waals surface area contributed by atoms with Crippen molar-refractivity contribution in [2.24, 2.45) is 0 Å². The van der Waals surface area contributed by atoms with Crippen molar-refractivity contribution in [3.05, 3.63) is 52.3 Å². The van der Waals surface area contributed by atoms with Gasteiger partial charge >= 0.3 is 5.97 Å². The molecule has 18 heavy (non-hydrogen) atoms. The van der Waals surface area contributed by atoms with Gasteiger partial charge in [0.2, 0.25) is 0 Å². The second-order valence-electron chi connectivity index (χ2n) is 3.69. The van der Waals surface area contributed by atoms with Crippen LogP contribution in [0.2, 0.25) is 0 Å². The molecule has 1 aromatic carbocycles. The van der Waals surface area contributed by atoms with Crippen molar-refractivity contribution in [1.29, 1.82) is 0 Å². The van der Waals surface area contributed by atoms with E-state index in [2.05, 4.69) is 20.9 Å². The van der Waals surface area contributed by atoms with E-state index in [1.54, 1.807) is 24.5 Å². The molecule has 0 fully saturated rings. The molecule has 5 heteroatoms. The molecule has 0 aliphatic heterocycles. The van der Waals surface area contributed by atoms with Crippen LogP contribution in [0.25, 0.3) is 0 Å². The minimum atomic E-state index is -0.987. The van der Waals surface area contributed by atoms with E-state index in [9.17, 15) is 4.79 Å². The predicted octanol–water partition coefficient (Wildman–Crippen LogP) is 3.64. The molecule has 2 rings (SSSR count). The highest BCUT2D eigenvalue weighted by atomic mass is 79.9. The number of carboxylic acids is 1. The largest absolute Gasteiger partial charge is 0.478 e. The monoisotopic (exact) mass is 307 g/mol. The van der Waals surface area contributed by atoms with Crippen molar-refractivity contribution < 1.29 is 14.6 Å². The Morgan fingerprint density at radius 3 is 2.78 bits per heavy atom. The smallest absolute Gasteiger partial charge is 0.335 e. The first-order valence-corrected chi connectivity index (χ1v) is 5.98. The highest BCUT2D eigenvalue weighted by Gasteiger charge is 2.09. The maximum Gasteiger partial charge on any atom is 0.335 e. The first-order valence-electron chi connectivity index (χ1n) is 5.19. The van der Waals surface area contributed by atoms with Gasteiger partial charge in [0.1, 0.15) is 11.5 Å². The Bertz CT molecular complexity index is 599. The predicted molar refractivity (Wildman–Crippen MR) is 70.1 cm³/mol. The van der Waals surface area contributed by atoms with Crippen LogP contribution in [0.1, 0.15) is 15.9 Å². The number of pyridine rings is 1. The summed E-state index contributed by atoms with van der Waals surface area (Å²) in [7, 11) is 0. The number of aromatic nitrogens is 1. The summed E-state index contributed by atoms with van der Waals surface area (Å²) >= 11 is 3.33. The quantitative estimate of drug-likeness (QED) is 0.940. The van der Waals surface area contributed by atoms with Crippen LogP contribution in [0.3, 0.4) is 0 Å². The fourth-order valence-electron chi connectivity index (χ4n) is 1.41. The summed E-state index contributed by atoms with van der Waals surface area (Å²) in [6.07, 6.45) is 3.31. The van der Waals surface area contributed by atoms with Crippen molar-refractivity contribution in [3.8, 4) is 11.5 Å². The van der Waals surface area contributed by atoms with Crippen LogP contribution in [0.5, 0.6) is 11.5 Å². The second-order valence-corrected chi connectivity index (χ2v) is 4.55. The van der Waals surface area contributed by atoms with E-state index in [4.69, 9.17) is 9.84 Å². The van der Waals surface area contributed by atoms with Gasteiger partial charge in [0, 0.05) is 18.0 Å². The van der Waals surface area contributed by atoms with Crippen LogP contribution in [-0.4, -0.2) is 16.1 Å². The van der Waals surface area contributed by atoms with E-state index in [1.165, 1.54) is 12.1 Å². The summed E-state index contributed by atoms with van der Waals surface area (Å²) in [4.78, 5) is 14.9. The Morgan fingerprint density at radius 2 is 2.11 bits per heavy atom. The van der Waals surface area contributed by atoms with E-state index < -0.39 is 5.97 Å². The standard InChI is InChI=1S/C13H10BrNO3/c1-8-7-15-5-4-11(8)18-12-6-9(13(16)17)2-3-10(12)14/h2-7H,1H3,(H,16,17). The Labute approximate surface area is 112 Å². The number of aromatic carboxylic acids is 1. The number of hydrogen-bond acceptors (Lipinski definition) is 3. The molecule has 0 aliphatic rings. The van der Waals surface area contributed by atoms with Gasteiger partial charge in [0.05, 0.1) is 10.0 Å². The van der Waals surface area contributed by atoms with E-state index in [-0.39, 0.29) is 5.56 Å². The topological polar surface area (TPSA) is 59.4 Å². The third-order valence-corrected chi connectivity index (χ3v) is 3.02. The zero-order valence-corrected chi connectivity index (χ0v) is 11.1. The van der Waals surface area contributed by atoms with Crippen LogP contribution >= 0.6 is 15.9 Å². The van der Waals surface area contributed by atoms with Crippen LogP contribution in [-0.2, 0) is 0 Å². The van der Waals surface area contributed by atoms with Gasteiger partial charge in [0.25, 0.3) is 0 Å². The molecule has 0 saturated carbocycles. The third kappa shape index (κ3) is 2.68. The number of nitrogens with zero attached hydrogens (tertiary/aromatic N) is 1. The number of ether oxygens (including phenoxy) is 1. The maximum absolute atomic E-state index is 10.9. The summed E-state index contributed by atoms with van der Waals surface area (Å²) in [5, 5.41) is 8.94. The Balaban J connectivity index is 2.37. The first-order chi connectivity index (χ1) is 8.58. The lowest BCUT2D eigenvalue weighted by Crippen LogP contribution is -1.97. The molecule has 0 aliphatic carbocycles. The molecule has 92 valence electrons. The number of rotatable bonds is 3. The molecule has 1 aromatic heterocycles. The molecule has 1 N–H and O–H groups in total. The first kappa shape index (κ1) is 12.6. The number of aryl methyl sites for hydroxylation is 1. The van der Waals surface area contributed by atoms with Crippen molar-refractivity contribution >= 4 is 21.9 Å². The summed E-state index contributed by atoms with van der Waals surface area (Å²) in [5.74, 6) is 0.122. The van der Waals surface area contributed by atoms with E-state index >= 15 is 0 Å². The maximum atomic E-state index is 10.9. The Kier molecular flexibility index (Phi) is 3.62. The lowest BCUT2D eigenvalue weighted by Gasteiger charge is -2.10. The molecule has 4 nitrogen and oxygen atoms in total. The summed E-state index contributed by atoms with van der Waals surface area (Å²) in [6.45, 7) is 1.87. The Hall–Kier alpha value is -1.88.